The van der Waals surface area contributed by atoms with Gasteiger partial charge in [-0.1, -0.05) is 16.8 Å². The number of nitrogens with zero attached hydrogens (tertiary/aromatic N) is 2. The first kappa shape index (κ1) is 15.7. The number of ether oxygens (including phenoxy) is 1. The molecule has 7 heteroatoms. The zero-order chi connectivity index (χ0) is 16.4. The van der Waals surface area contributed by atoms with Gasteiger partial charge in [0.1, 0.15) is 0 Å². The second kappa shape index (κ2) is 6.52. The second-order valence-corrected chi connectivity index (χ2v) is 6.82. The number of thiophene rings is 1. The van der Waals surface area contributed by atoms with Crippen molar-refractivity contribution < 1.29 is 14.1 Å². The van der Waals surface area contributed by atoms with Gasteiger partial charge in [-0.2, -0.15) is 4.98 Å². The summed E-state index contributed by atoms with van der Waals surface area (Å²) in [6.07, 6.45) is 0. The van der Waals surface area contributed by atoms with E-state index in [1.54, 1.807) is 35.6 Å². The van der Waals surface area contributed by atoms with Crippen LogP contribution in [0.25, 0.3) is 11.4 Å². The average molecular weight is 349 g/mol. The first-order chi connectivity index (χ1) is 11.0. The van der Waals surface area contributed by atoms with Gasteiger partial charge in [-0.3, -0.25) is 0 Å². The Hall–Kier alpha value is -2.18. The highest BCUT2D eigenvalue weighted by Crippen LogP contribution is 2.22. The van der Waals surface area contributed by atoms with Gasteiger partial charge in [0, 0.05) is 20.3 Å². The molecule has 0 saturated heterocycles. The lowest BCUT2D eigenvalue weighted by atomic mass is 10.2. The highest BCUT2D eigenvalue weighted by molar-refractivity contribution is 7.12. The number of hydrogen-bond acceptors (Lipinski definition) is 6. The van der Waals surface area contributed by atoms with Gasteiger partial charge in [-0.05, 0) is 44.2 Å². The van der Waals surface area contributed by atoms with E-state index in [0.29, 0.717) is 16.4 Å². The van der Waals surface area contributed by atoms with Crippen LogP contribution in [0.15, 0.2) is 34.9 Å². The summed E-state index contributed by atoms with van der Waals surface area (Å²) in [4.78, 5) is 18.3. The van der Waals surface area contributed by atoms with Gasteiger partial charge < -0.3 is 9.26 Å². The molecule has 118 valence electrons. The quantitative estimate of drug-likeness (QED) is 0.653. The van der Waals surface area contributed by atoms with Gasteiger partial charge >= 0.3 is 5.97 Å². The first-order valence-corrected chi connectivity index (χ1v) is 8.05. The van der Waals surface area contributed by atoms with Crippen molar-refractivity contribution in [3.63, 3.8) is 0 Å². The third-order valence-corrected chi connectivity index (χ3v) is 4.38. The van der Waals surface area contributed by atoms with Crippen molar-refractivity contribution in [2.24, 2.45) is 0 Å². The number of carbonyl (C=O) groups excluding carboxylic acids is 1. The van der Waals surface area contributed by atoms with Crippen molar-refractivity contribution in [2.75, 3.05) is 0 Å². The van der Waals surface area contributed by atoms with Crippen LogP contribution >= 0.6 is 22.9 Å². The Morgan fingerprint density at radius 3 is 2.70 bits per heavy atom. The molecule has 2 aromatic heterocycles. The van der Waals surface area contributed by atoms with E-state index in [1.165, 1.54) is 0 Å². The van der Waals surface area contributed by atoms with E-state index >= 15 is 0 Å². The third-order valence-electron chi connectivity index (χ3n) is 3.16. The van der Waals surface area contributed by atoms with Crippen LogP contribution in [0, 0.1) is 13.8 Å². The molecule has 0 N–H and O–H groups in total. The Kier molecular flexibility index (Phi) is 4.45. The number of carbonyl (C=O) groups is 1. The van der Waals surface area contributed by atoms with Gasteiger partial charge in [0.25, 0.3) is 5.89 Å². The summed E-state index contributed by atoms with van der Waals surface area (Å²) in [5.41, 5.74) is 1.35. The van der Waals surface area contributed by atoms with E-state index in [2.05, 4.69) is 10.1 Å². The number of benzene rings is 1. The minimum atomic E-state index is -0.391. The maximum absolute atomic E-state index is 12.0. The van der Waals surface area contributed by atoms with E-state index in [0.717, 1.165) is 15.3 Å². The Labute approximate surface area is 141 Å². The SMILES string of the molecule is Cc1cc(C(=O)OCc2nc(-c3ccc(Cl)cc3)no2)c(C)s1. The van der Waals surface area contributed by atoms with Gasteiger partial charge in [-0.25, -0.2) is 4.79 Å². The summed E-state index contributed by atoms with van der Waals surface area (Å²) in [6.45, 7) is 3.78. The molecular formula is C16H13ClN2O3S. The van der Waals surface area contributed by atoms with Gasteiger partial charge in [0.05, 0.1) is 5.56 Å². The predicted octanol–water partition coefficient (Wildman–Crippen LogP) is 4.43. The lowest BCUT2D eigenvalue weighted by Gasteiger charge is -2.00. The van der Waals surface area contributed by atoms with Gasteiger partial charge in [0.15, 0.2) is 6.61 Å². The molecule has 0 aliphatic rings. The minimum Gasteiger partial charge on any atom is -0.452 e. The molecule has 0 saturated carbocycles. The van der Waals surface area contributed by atoms with Gasteiger partial charge in [0.2, 0.25) is 5.82 Å². The normalized spacial score (nSPS) is 10.7. The zero-order valence-electron chi connectivity index (χ0n) is 12.5. The molecule has 0 amide bonds. The predicted molar refractivity (Wildman–Crippen MR) is 87.7 cm³/mol. The van der Waals surface area contributed by atoms with E-state index in [-0.39, 0.29) is 12.5 Å². The molecule has 0 aliphatic carbocycles. The largest absolute Gasteiger partial charge is 0.452 e. The summed E-state index contributed by atoms with van der Waals surface area (Å²) in [7, 11) is 0. The summed E-state index contributed by atoms with van der Waals surface area (Å²) in [5, 5.41) is 4.50. The number of rotatable bonds is 4. The molecule has 0 atom stereocenters. The van der Waals surface area contributed by atoms with Crippen molar-refractivity contribution in [3.05, 3.63) is 56.6 Å². The number of aromatic nitrogens is 2. The highest BCUT2D eigenvalue weighted by Gasteiger charge is 2.15. The lowest BCUT2D eigenvalue weighted by Crippen LogP contribution is -2.05. The maximum atomic E-state index is 12.0. The minimum absolute atomic E-state index is 0.0617. The maximum Gasteiger partial charge on any atom is 0.339 e. The van der Waals surface area contributed by atoms with E-state index in [1.807, 2.05) is 19.9 Å². The molecule has 0 radical (unpaired) electrons. The van der Waals surface area contributed by atoms with Crippen LogP contribution in [0.5, 0.6) is 0 Å². The first-order valence-electron chi connectivity index (χ1n) is 6.85. The molecule has 23 heavy (non-hydrogen) atoms. The monoisotopic (exact) mass is 348 g/mol. The molecule has 0 bridgehead atoms. The molecule has 5 nitrogen and oxygen atoms in total. The number of halogens is 1. The molecule has 1 aromatic carbocycles. The molecule has 0 aliphatic heterocycles. The molecule has 0 fully saturated rings. The molecular weight excluding hydrogens is 336 g/mol. The van der Waals surface area contributed by atoms with Crippen LogP contribution in [-0.2, 0) is 11.3 Å². The fourth-order valence-electron chi connectivity index (χ4n) is 2.07. The molecule has 3 aromatic rings. The van der Waals surface area contributed by atoms with Crippen LogP contribution in [-0.4, -0.2) is 16.1 Å². The Balaban J connectivity index is 1.66. The van der Waals surface area contributed by atoms with Crippen molar-refractivity contribution in [3.8, 4) is 11.4 Å². The van der Waals surface area contributed by atoms with Crippen molar-refractivity contribution >= 4 is 28.9 Å². The van der Waals surface area contributed by atoms with Crippen molar-refractivity contribution in [1.29, 1.82) is 0 Å². The fraction of sp³-hybridized carbons (Fsp3) is 0.188. The Bertz CT molecular complexity index is 839. The van der Waals surface area contributed by atoms with E-state index in [4.69, 9.17) is 20.9 Å². The number of esters is 1. The van der Waals surface area contributed by atoms with Crippen LogP contribution in [0.3, 0.4) is 0 Å². The standard InChI is InChI=1S/C16H13ClN2O3S/c1-9-7-13(10(2)23-9)16(20)21-8-14-18-15(19-22-14)11-3-5-12(17)6-4-11/h3-7H,8H2,1-2H3. The molecule has 0 unspecified atom stereocenters. The molecule has 3 rings (SSSR count). The zero-order valence-corrected chi connectivity index (χ0v) is 14.1. The number of hydrogen-bond donors (Lipinski definition) is 0. The smallest absolute Gasteiger partial charge is 0.339 e. The van der Waals surface area contributed by atoms with Crippen LogP contribution in [0.2, 0.25) is 5.02 Å². The van der Waals surface area contributed by atoms with Crippen molar-refractivity contribution in [2.45, 2.75) is 20.5 Å². The van der Waals surface area contributed by atoms with Crippen molar-refractivity contribution in [1.82, 2.24) is 10.1 Å². The number of aryl methyl sites for hydroxylation is 2. The van der Waals surface area contributed by atoms with Crippen LogP contribution in [0.1, 0.15) is 26.0 Å². The fourth-order valence-corrected chi connectivity index (χ4v) is 3.11. The third kappa shape index (κ3) is 3.60. The second-order valence-electron chi connectivity index (χ2n) is 4.92. The summed E-state index contributed by atoms with van der Waals surface area (Å²) in [5.74, 6) is 0.279. The van der Waals surface area contributed by atoms with Gasteiger partial charge in [-0.15, -0.1) is 11.3 Å². The Morgan fingerprint density at radius 1 is 1.30 bits per heavy atom. The van der Waals surface area contributed by atoms with E-state index in [9.17, 15) is 4.79 Å². The summed E-state index contributed by atoms with van der Waals surface area (Å²) < 4.78 is 10.3. The van der Waals surface area contributed by atoms with E-state index < -0.39 is 5.97 Å². The molecule has 0 spiro atoms. The lowest BCUT2D eigenvalue weighted by molar-refractivity contribution is 0.0429. The average Bonchev–Trinajstić information content (AvgIpc) is 3.12. The summed E-state index contributed by atoms with van der Waals surface area (Å²) >= 11 is 7.40. The highest BCUT2D eigenvalue weighted by atomic mass is 35.5. The van der Waals surface area contributed by atoms with Crippen LogP contribution in [0.4, 0.5) is 0 Å². The Morgan fingerprint density at radius 2 is 2.04 bits per heavy atom. The topological polar surface area (TPSA) is 65.2 Å². The summed E-state index contributed by atoms with van der Waals surface area (Å²) in [6, 6.07) is 8.89. The molecule has 2 heterocycles. The van der Waals surface area contributed by atoms with Crippen LogP contribution < -0.4 is 0 Å².